The summed E-state index contributed by atoms with van der Waals surface area (Å²) in [5, 5.41) is 18.0. The van der Waals surface area contributed by atoms with Crippen molar-refractivity contribution in [2.24, 2.45) is 5.73 Å². The molecular formula is C11H20N4O. The van der Waals surface area contributed by atoms with Gasteiger partial charge in [0.1, 0.15) is 0 Å². The molecule has 0 radical (unpaired) electrons. The summed E-state index contributed by atoms with van der Waals surface area (Å²) >= 11 is 0. The van der Waals surface area contributed by atoms with Gasteiger partial charge in [0.2, 0.25) is 0 Å². The van der Waals surface area contributed by atoms with Crippen LogP contribution in [0.5, 0.6) is 0 Å². The SMILES string of the molecule is CC(C)(O)Cn1nnc(CN)c1C1CCC1. The molecule has 1 aliphatic rings. The number of nitrogens with two attached hydrogens (primary N) is 1. The fraction of sp³-hybridized carbons (Fsp3) is 0.818. The maximum absolute atomic E-state index is 9.83. The molecular weight excluding hydrogens is 204 g/mol. The molecule has 0 amide bonds. The Bertz CT molecular complexity index is 363. The Labute approximate surface area is 95.6 Å². The van der Waals surface area contributed by atoms with Crippen molar-refractivity contribution in [3.8, 4) is 0 Å². The average Bonchev–Trinajstić information content (AvgIpc) is 2.43. The fourth-order valence-electron chi connectivity index (χ4n) is 2.11. The molecule has 0 spiro atoms. The van der Waals surface area contributed by atoms with Crippen molar-refractivity contribution in [3.63, 3.8) is 0 Å². The summed E-state index contributed by atoms with van der Waals surface area (Å²) in [5.74, 6) is 0.538. The largest absolute Gasteiger partial charge is 0.389 e. The predicted molar refractivity (Wildman–Crippen MR) is 60.8 cm³/mol. The van der Waals surface area contributed by atoms with Crippen molar-refractivity contribution in [1.29, 1.82) is 0 Å². The Morgan fingerprint density at radius 1 is 1.50 bits per heavy atom. The molecule has 16 heavy (non-hydrogen) atoms. The molecule has 0 atom stereocenters. The van der Waals surface area contributed by atoms with E-state index in [1.54, 1.807) is 13.8 Å². The van der Waals surface area contributed by atoms with Gasteiger partial charge in [0.05, 0.1) is 23.5 Å². The van der Waals surface area contributed by atoms with E-state index in [-0.39, 0.29) is 0 Å². The zero-order chi connectivity index (χ0) is 11.8. The second kappa shape index (κ2) is 4.14. The van der Waals surface area contributed by atoms with Gasteiger partial charge in [-0.2, -0.15) is 0 Å². The van der Waals surface area contributed by atoms with E-state index in [1.165, 1.54) is 19.3 Å². The molecule has 1 fully saturated rings. The monoisotopic (exact) mass is 224 g/mol. The molecule has 0 aliphatic heterocycles. The minimum absolute atomic E-state index is 0.428. The molecule has 0 unspecified atom stereocenters. The van der Waals surface area contributed by atoms with Crippen LogP contribution in [0.1, 0.15) is 50.4 Å². The molecule has 1 saturated carbocycles. The van der Waals surface area contributed by atoms with E-state index in [9.17, 15) is 5.11 Å². The Kier molecular flexibility index (Phi) is 2.99. The number of hydrogen-bond donors (Lipinski definition) is 2. The Hall–Kier alpha value is -0.940. The van der Waals surface area contributed by atoms with Gasteiger partial charge in [-0.3, -0.25) is 0 Å². The lowest BCUT2D eigenvalue weighted by Gasteiger charge is -2.28. The molecule has 0 bridgehead atoms. The van der Waals surface area contributed by atoms with E-state index >= 15 is 0 Å². The first kappa shape index (κ1) is 11.5. The van der Waals surface area contributed by atoms with Crippen LogP contribution < -0.4 is 5.73 Å². The molecule has 90 valence electrons. The number of nitrogens with zero attached hydrogens (tertiary/aromatic N) is 3. The molecule has 0 aromatic carbocycles. The second-order valence-electron chi connectivity index (χ2n) is 5.22. The molecule has 2 rings (SSSR count). The molecule has 1 heterocycles. The van der Waals surface area contributed by atoms with Gasteiger partial charge in [0, 0.05) is 12.5 Å². The topological polar surface area (TPSA) is 77.0 Å². The Morgan fingerprint density at radius 3 is 2.62 bits per heavy atom. The lowest BCUT2D eigenvalue weighted by atomic mass is 9.82. The van der Waals surface area contributed by atoms with Crippen LogP contribution in [0, 0.1) is 0 Å². The molecule has 1 aromatic heterocycles. The first-order valence-corrected chi connectivity index (χ1v) is 5.86. The van der Waals surface area contributed by atoms with Crippen molar-refractivity contribution in [1.82, 2.24) is 15.0 Å². The van der Waals surface area contributed by atoms with Crippen LogP contribution in [0.2, 0.25) is 0 Å². The van der Waals surface area contributed by atoms with Crippen molar-refractivity contribution in [2.75, 3.05) is 0 Å². The summed E-state index contributed by atoms with van der Waals surface area (Å²) in [7, 11) is 0. The van der Waals surface area contributed by atoms with E-state index in [1.807, 2.05) is 4.68 Å². The van der Waals surface area contributed by atoms with Crippen molar-refractivity contribution < 1.29 is 5.11 Å². The predicted octanol–water partition coefficient (Wildman–Crippen LogP) is 0.775. The summed E-state index contributed by atoms with van der Waals surface area (Å²) in [5.41, 5.74) is 6.92. The fourth-order valence-corrected chi connectivity index (χ4v) is 2.11. The number of aliphatic hydroxyl groups is 1. The molecule has 0 saturated heterocycles. The second-order valence-corrected chi connectivity index (χ2v) is 5.22. The van der Waals surface area contributed by atoms with Gasteiger partial charge in [0.15, 0.2) is 0 Å². The number of aromatic nitrogens is 3. The first-order valence-electron chi connectivity index (χ1n) is 5.86. The molecule has 5 heteroatoms. The third-order valence-corrected chi connectivity index (χ3v) is 3.07. The highest BCUT2D eigenvalue weighted by molar-refractivity contribution is 5.18. The minimum Gasteiger partial charge on any atom is -0.389 e. The minimum atomic E-state index is -0.766. The van der Waals surface area contributed by atoms with Gasteiger partial charge in [-0.25, -0.2) is 4.68 Å². The average molecular weight is 224 g/mol. The zero-order valence-electron chi connectivity index (χ0n) is 9.98. The lowest BCUT2D eigenvalue weighted by molar-refractivity contribution is 0.0553. The van der Waals surface area contributed by atoms with Crippen molar-refractivity contribution in [3.05, 3.63) is 11.4 Å². The maximum Gasteiger partial charge on any atom is 0.0997 e. The van der Waals surface area contributed by atoms with Gasteiger partial charge in [-0.15, -0.1) is 5.10 Å². The highest BCUT2D eigenvalue weighted by Gasteiger charge is 2.28. The first-order chi connectivity index (χ1) is 7.51. The summed E-state index contributed by atoms with van der Waals surface area (Å²) in [6, 6.07) is 0. The number of hydrogen-bond acceptors (Lipinski definition) is 4. The van der Waals surface area contributed by atoms with Crippen molar-refractivity contribution >= 4 is 0 Å². The van der Waals surface area contributed by atoms with E-state index in [2.05, 4.69) is 10.3 Å². The van der Waals surface area contributed by atoms with Gasteiger partial charge in [-0.1, -0.05) is 11.6 Å². The van der Waals surface area contributed by atoms with Crippen LogP contribution in [-0.2, 0) is 13.1 Å². The van der Waals surface area contributed by atoms with Crippen LogP contribution in [0.3, 0.4) is 0 Å². The summed E-state index contributed by atoms with van der Waals surface area (Å²) in [6.45, 7) is 4.46. The maximum atomic E-state index is 9.83. The van der Waals surface area contributed by atoms with Crippen molar-refractivity contribution in [2.45, 2.75) is 57.7 Å². The van der Waals surface area contributed by atoms with Crippen LogP contribution in [0.25, 0.3) is 0 Å². The van der Waals surface area contributed by atoms with Gasteiger partial charge < -0.3 is 10.8 Å². The smallest absolute Gasteiger partial charge is 0.0997 e. The highest BCUT2D eigenvalue weighted by atomic mass is 16.3. The summed E-state index contributed by atoms with van der Waals surface area (Å²) < 4.78 is 1.83. The summed E-state index contributed by atoms with van der Waals surface area (Å²) in [4.78, 5) is 0. The van der Waals surface area contributed by atoms with Gasteiger partial charge >= 0.3 is 0 Å². The van der Waals surface area contributed by atoms with E-state index < -0.39 is 5.60 Å². The zero-order valence-corrected chi connectivity index (χ0v) is 9.98. The quantitative estimate of drug-likeness (QED) is 0.792. The lowest BCUT2D eigenvalue weighted by Crippen LogP contribution is -2.29. The van der Waals surface area contributed by atoms with E-state index in [0.717, 1.165) is 11.4 Å². The van der Waals surface area contributed by atoms with E-state index in [0.29, 0.717) is 19.0 Å². The molecule has 1 aliphatic carbocycles. The third kappa shape index (κ3) is 2.25. The normalized spacial score (nSPS) is 17.5. The molecule has 5 nitrogen and oxygen atoms in total. The van der Waals surface area contributed by atoms with Gasteiger partial charge in [-0.05, 0) is 26.7 Å². The Morgan fingerprint density at radius 2 is 2.19 bits per heavy atom. The van der Waals surface area contributed by atoms with E-state index in [4.69, 9.17) is 5.73 Å². The van der Waals surface area contributed by atoms with Crippen LogP contribution in [0.15, 0.2) is 0 Å². The van der Waals surface area contributed by atoms with Crippen LogP contribution in [-0.4, -0.2) is 25.7 Å². The molecule has 3 N–H and O–H groups in total. The van der Waals surface area contributed by atoms with Gasteiger partial charge in [0.25, 0.3) is 0 Å². The van der Waals surface area contributed by atoms with Crippen LogP contribution in [0.4, 0.5) is 0 Å². The van der Waals surface area contributed by atoms with Crippen LogP contribution >= 0.6 is 0 Å². The summed E-state index contributed by atoms with van der Waals surface area (Å²) in [6.07, 6.45) is 3.64. The Balaban J connectivity index is 2.26. The number of rotatable bonds is 4. The third-order valence-electron chi connectivity index (χ3n) is 3.07. The standard InChI is InChI=1S/C11H20N4O/c1-11(2,16)7-15-10(8-4-3-5-8)9(6-12)13-14-15/h8,16H,3-7,12H2,1-2H3. The highest BCUT2D eigenvalue weighted by Crippen LogP contribution is 2.37. The molecule has 1 aromatic rings.